The summed E-state index contributed by atoms with van der Waals surface area (Å²) in [6.45, 7) is 3.89. The quantitative estimate of drug-likeness (QED) is 0.586. The van der Waals surface area contributed by atoms with Crippen LogP contribution < -0.4 is 15.6 Å². The highest BCUT2D eigenvalue weighted by Gasteiger charge is 2.13. The van der Waals surface area contributed by atoms with Gasteiger partial charge in [-0.25, -0.2) is 0 Å². The molecular formula is C20H19N3O5. The lowest BCUT2D eigenvalue weighted by Gasteiger charge is -2.10. The fourth-order valence-electron chi connectivity index (χ4n) is 2.51. The number of benzene rings is 2. The highest BCUT2D eigenvalue weighted by Crippen LogP contribution is 2.19. The van der Waals surface area contributed by atoms with Gasteiger partial charge in [-0.15, -0.1) is 0 Å². The molecule has 0 spiro atoms. The van der Waals surface area contributed by atoms with E-state index >= 15 is 0 Å². The number of ether oxygens (including phenoxy) is 1. The molecule has 0 atom stereocenters. The molecule has 0 saturated carbocycles. The number of nitrogens with zero attached hydrogens (tertiary/aromatic N) is 1. The number of hydrazine groups is 1. The van der Waals surface area contributed by atoms with Gasteiger partial charge in [0.25, 0.3) is 11.8 Å². The number of para-hydroxylation sites is 1. The first-order valence-electron chi connectivity index (χ1n) is 8.49. The van der Waals surface area contributed by atoms with Crippen molar-refractivity contribution in [2.75, 3.05) is 0 Å². The molecule has 0 unspecified atom stereocenters. The maximum absolute atomic E-state index is 12.3. The standard InChI is InChI=1S/C20H19N3O5/c1-12-17(13(2)28-23-12)11-27-15-7-5-6-14(10-15)19(25)21-22-20(26)16-8-3-4-9-18(16)24/h3-10,24H,11H2,1-2H3,(H,21,25)(H,22,26). The zero-order valence-electron chi connectivity index (χ0n) is 15.4. The molecule has 0 saturated heterocycles. The predicted octanol–water partition coefficient (Wildman–Crippen LogP) is 2.65. The van der Waals surface area contributed by atoms with Gasteiger partial charge in [-0.1, -0.05) is 23.4 Å². The van der Waals surface area contributed by atoms with Crippen LogP contribution in [0.2, 0.25) is 0 Å². The van der Waals surface area contributed by atoms with Crippen molar-refractivity contribution in [2.45, 2.75) is 20.5 Å². The fraction of sp³-hybridized carbons (Fsp3) is 0.150. The summed E-state index contributed by atoms with van der Waals surface area (Å²) in [6.07, 6.45) is 0. The van der Waals surface area contributed by atoms with Crippen LogP contribution in [0.4, 0.5) is 0 Å². The van der Waals surface area contributed by atoms with Crippen molar-refractivity contribution in [1.82, 2.24) is 16.0 Å². The molecule has 3 rings (SSSR count). The number of carbonyl (C=O) groups excluding carboxylic acids is 2. The van der Waals surface area contributed by atoms with Crippen LogP contribution >= 0.6 is 0 Å². The van der Waals surface area contributed by atoms with Crippen molar-refractivity contribution >= 4 is 11.8 Å². The molecule has 0 aliphatic heterocycles. The van der Waals surface area contributed by atoms with E-state index in [-0.39, 0.29) is 17.9 Å². The second-order valence-corrected chi connectivity index (χ2v) is 6.04. The Morgan fingerprint density at radius 1 is 1.07 bits per heavy atom. The molecule has 0 aliphatic carbocycles. The fourth-order valence-corrected chi connectivity index (χ4v) is 2.51. The van der Waals surface area contributed by atoms with Crippen LogP contribution in [0.5, 0.6) is 11.5 Å². The normalized spacial score (nSPS) is 10.4. The van der Waals surface area contributed by atoms with Crippen molar-refractivity contribution in [3.8, 4) is 11.5 Å². The van der Waals surface area contributed by atoms with E-state index in [1.54, 1.807) is 43.3 Å². The van der Waals surface area contributed by atoms with Gasteiger partial charge >= 0.3 is 0 Å². The first-order chi connectivity index (χ1) is 13.5. The lowest BCUT2D eigenvalue weighted by Crippen LogP contribution is -2.41. The van der Waals surface area contributed by atoms with E-state index < -0.39 is 11.8 Å². The Kier molecular flexibility index (Phi) is 5.59. The summed E-state index contributed by atoms with van der Waals surface area (Å²) >= 11 is 0. The van der Waals surface area contributed by atoms with E-state index in [1.165, 1.54) is 12.1 Å². The number of hydrogen-bond acceptors (Lipinski definition) is 6. The van der Waals surface area contributed by atoms with Crippen molar-refractivity contribution in [3.63, 3.8) is 0 Å². The number of carbonyl (C=O) groups is 2. The lowest BCUT2D eigenvalue weighted by molar-refractivity contribution is 0.0845. The molecule has 2 amide bonds. The summed E-state index contributed by atoms with van der Waals surface area (Å²) < 4.78 is 10.8. The first-order valence-corrected chi connectivity index (χ1v) is 8.49. The molecule has 144 valence electrons. The van der Waals surface area contributed by atoms with Gasteiger partial charge in [0.05, 0.1) is 16.8 Å². The number of amides is 2. The highest BCUT2D eigenvalue weighted by molar-refractivity contribution is 6.00. The summed E-state index contributed by atoms with van der Waals surface area (Å²) in [4.78, 5) is 24.3. The minimum Gasteiger partial charge on any atom is -0.507 e. The van der Waals surface area contributed by atoms with E-state index in [9.17, 15) is 14.7 Å². The van der Waals surface area contributed by atoms with Crippen LogP contribution in [-0.4, -0.2) is 22.1 Å². The van der Waals surface area contributed by atoms with Crippen molar-refractivity contribution in [1.29, 1.82) is 0 Å². The van der Waals surface area contributed by atoms with Crippen molar-refractivity contribution < 1.29 is 24.0 Å². The molecule has 0 aliphatic rings. The molecule has 3 aromatic rings. The summed E-state index contributed by atoms with van der Waals surface area (Å²) in [5, 5.41) is 13.5. The molecule has 8 heteroatoms. The largest absolute Gasteiger partial charge is 0.507 e. The maximum atomic E-state index is 12.3. The summed E-state index contributed by atoms with van der Waals surface area (Å²) in [5.41, 5.74) is 6.53. The van der Waals surface area contributed by atoms with Gasteiger partial charge in [-0.2, -0.15) is 0 Å². The third-order valence-corrected chi connectivity index (χ3v) is 4.10. The molecular weight excluding hydrogens is 362 g/mol. The number of phenols is 1. The lowest BCUT2D eigenvalue weighted by atomic mass is 10.2. The minimum atomic E-state index is -0.628. The number of phenolic OH excluding ortho intramolecular Hbond substituents is 1. The number of hydrogen-bond donors (Lipinski definition) is 3. The molecule has 1 aromatic heterocycles. The number of aromatic nitrogens is 1. The zero-order chi connectivity index (χ0) is 20.1. The topological polar surface area (TPSA) is 114 Å². The molecule has 2 aromatic carbocycles. The average Bonchev–Trinajstić information content (AvgIpc) is 3.02. The van der Waals surface area contributed by atoms with Gasteiger partial charge in [-0.05, 0) is 44.2 Å². The smallest absolute Gasteiger partial charge is 0.273 e. The molecule has 0 fully saturated rings. The summed E-state index contributed by atoms with van der Waals surface area (Å²) in [7, 11) is 0. The van der Waals surface area contributed by atoms with Gasteiger partial charge in [-0.3, -0.25) is 20.4 Å². The van der Waals surface area contributed by atoms with Crippen LogP contribution in [0.3, 0.4) is 0 Å². The van der Waals surface area contributed by atoms with Gasteiger partial charge in [0.15, 0.2) is 0 Å². The maximum Gasteiger partial charge on any atom is 0.273 e. The predicted molar refractivity (Wildman–Crippen MR) is 99.8 cm³/mol. The van der Waals surface area contributed by atoms with Crippen molar-refractivity contribution in [2.24, 2.45) is 0 Å². The van der Waals surface area contributed by atoms with E-state index in [0.717, 1.165) is 11.3 Å². The SMILES string of the molecule is Cc1noc(C)c1COc1cccc(C(=O)NNC(=O)c2ccccc2O)c1. The third-order valence-electron chi connectivity index (χ3n) is 4.10. The van der Waals surface area contributed by atoms with E-state index in [1.807, 2.05) is 6.92 Å². The Labute approximate surface area is 161 Å². The molecule has 3 N–H and O–H groups in total. The van der Waals surface area contributed by atoms with Crippen LogP contribution in [0, 0.1) is 13.8 Å². The van der Waals surface area contributed by atoms with Gasteiger partial charge in [0, 0.05) is 5.56 Å². The Morgan fingerprint density at radius 2 is 1.82 bits per heavy atom. The average molecular weight is 381 g/mol. The van der Waals surface area contributed by atoms with E-state index in [0.29, 0.717) is 17.1 Å². The molecule has 28 heavy (non-hydrogen) atoms. The van der Waals surface area contributed by atoms with Crippen LogP contribution in [0.15, 0.2) is 53.1 Å². The molecule has 0 bridgehead atoms. The third kappa shape index (κ3) is 4.29. The number of aromatic hydroxyl groups is 1. The minimum absolute atomic E-state index is 0.0549. The number of nitrogens with one attached hydrogen (secondary N) is 2. The van der Waals surface area contributed by atoms with Gasteiger partial charge < -0.3 is 14.4 Å². The van der Waals surface area contributed by atoms with Crippen LogP contribution in [0.1, 0.15) is 37.7 Å². The number of rotatable bonds is 5. The Balaban J connectivity index is 1.61. The molecule has 0 radical (unpaired) electrons. The molecule has 1 heterocycles. The van der Waals surface area contributed by atoms with Crippen LogP contribution in [-0.2, 0) is 6.61 Å². The second-order valence-electron chi connectivity index (χ2n) is 6.04. The first kappa shape index (κ1) is 19.0. The summed E-state index contributed by atoms with van der Waals surface area (Å²) in [5.74, 6) is -0.161. The molecule has 8 nitrogen and oxygen atoms in total. The zero-order valence-corrected chi connectivity index (χ0v) is 15.4. The monoisotopic (exact) mass is 381 g/mol. The Hall–Kier alpha value is -3.81. The van der Waals surface area contributed by atoms with Crippen LogP contribution in [0.25, 0.3) is 0 Å². The summed E-state index contributed by atoms with van der Waals surface area (Å²) in [6, 6.07) is 12.6. The van der Waals surface area contributed by atoms with E-state index in [2.05, 4.69) is 16.0 Å². The van der Waals surface area contributed by atoms with Gasteiger partial charge in [0.1, 0.15) is 23.9 Å². The Morgan fingerprint density at radius 3 is 2.54 bits per heavy atom. The Bertz CT molecular complexity index is 993. The second kappa shape index (κ2) is 8.26. The number of aryl methyl sites for hydroxylation is 2. The van der Waals surface area contributed by atoms with Crippen molar-refractivity contribution in [3.05, 3.63) is 76.7 Å². The van der Waals surface area contributed by atoms with E-state index in [4.69, 9.17) is 9.26 Å². The highest BCUT2D eigenvalue weighted by atomic mass is 16.5. The van der Waals surface area contributed by atoms with Gasteiger partial charge in [0.2, 0.25) is 0 Å².